The number of imide groups is 1. The summed E-state index contributed by atoms with van der Waals surface area (Å²) in [6.07, 6.45) is -1.65. The number of fused-ring (bicyclic) bond motifs is 1. The maximum Gasteiger partial charge on any atom is 0.372 e. The number of thiazole rings is 1. The molecule has 0 radical (unpaired) electrons. The number of hydrogen-bond donors (Lipinski definition) is 5. The minimum atomic E-state index is -2.87. The summed E-state index contributed by atoms with van der Waals surface area (Å²) in [4.78, 5) is 104. The highest BCUT2D eigenvalue weighted by atomic mass is 32.1. The lowest BCUT2D eigenvalue weighted by atomic mass is 9.98. The van der Waals surface area contributed by atoms with Crippen LogP contribution in [0.5, 0.6) is 11.5 Å². The highest BCUT2D eigenvalue weighted by Gasteiger charge is 2.65. The molecule has 242 valence electrons. The van der Waals surface area contributed by atoms with Gasteiger partial charge in [-0.2, -0.15) is 5.06 Å². The molecule has 5 rings (SSSR count). The van der Waals surface area contributed by atoms with Crippen molar-refractivity contribution >= 4 is 63.6 Å². The van der Waals surface area contributed by atoms with Crippen molar-refractivity contribution in [2.24, 2.45) is 11.1 Å². The van der Waals surface area contributed by atoms with E-state index in [4.69, 9.17) is 20.1 Å². The molecule has 0 bridgehead atoms. The van der Waals surface area contributed by atoms with Gasteiger partial charge in [-0.25, -0.2) is 19.4 Å². The number of ether oxygens (including phenoxy) is 1. The first-order valence-electron chi connectivity index (χ1n) is 13.1. The summed E-state index contributed by atoms with van der Waals surface area (Å²) in [6, 6.07) is -0.265. The second-order valence-corrected chi connectivity index (χ2v) is 11.7. The number of cyclic esters (lactones) is 1. The van der Waals surface area contributed by atoms with Gasteiger partial charge >= 0.3 is 23.6 Å². The van der Waals surface area contributed by atoms with Crippen molar-refractivity contribution in [1.29, 1.82) is 0 Å². The average Bonchev–Trinajstić information content (AvgIpc) is 3.71. The first kappa shape index (κ1) is 31.8. The number of carboxylic acids is 2. The summed E-state index contributed by atoms with van der Waals surface area (Å²) < 4.78 is 5.09. The van der Waals surface area contributed by atoms with Crippen molar-refractivity contribution in [2.45, 2.75) is 44.1 Å². The molecule has 6 N–H and O–H groups in total. The molecule has 46 heavy (non-hydrogen) atoms. The van der Waals surface area contributed by atoms with Crippen LogP contribution in [0.2, 0.25) is 0 Å². The fourth-order valence-corrected chi connectivity index (χ4v) is 5.32. The monoisotopic (exact) mass is 661 g/mol. The van der Waals surface area contributed by atoms with E-state index in [1.807, 2.05) is 0 Å². The number of benzene rings is 1. The maximum absolute atomic E-state index is 13.4. The number of nitrogen functional groups attached to an aromatic ring is 1. The number of nitrogens with zero attached hydrogens (tertiary/aromatic N) is 4. The van der Waals surface area contributed by atoms with E-state index in [2.05, 4.69) is 10.1 Å². The van der Waals surface area contributed by atoms with Gasteiger partial charge in [-0.1, -0.05) is 5.16 Å². The second kappa shape index (κ2) is 11.1. The number of carbonyl (C=O) groups is 7. The summed E-state index contributed by atoms with van der Waals surface area (Å²) in [6.45, 7) is 1.75. The number of rotatable bonds is 10. The molecule has 0 aliphatic carbocycles. The van der Waals surface area contributed by atoms with Crippen molar-refractivity contribution in [3.63, 3.8) is 0 Å². The van der Waals surface area contributed by atoms with Crippen molar-refractivity contribution in [2.75, 3.05) is 12.3 Å². The van der Waals surface area contributed by atoms with Crippen molar-refractivity contribution in [3.05, 3.63) is 34.3 Å². The number of phenolic OH excluding ortho intramolecular Hbond substituents is 2. The van der Waals surface area contributed by atoms with E-state index in [1.54, 1.807) is 0 Å². The van der Waals surface area contributed by atoms with Gasteiger partial charge in [-0.15, -0.1) is 11.3 Å². The van der Waals surface area contributed by atoms with E-state index in [0.29, 0.717) is 4.90 Å². The zero-order valence-electron chi connectivity index (χ0n) is 23.7. The first-order valence-corrected chi connectivity index (χ1v) is 14.0. The third kappa shape index (κ3) is 5.11. The van der Waals surface area contributed by atoms with Gasteiger partial charge in [0.05, 0.1) is 30.1 Å². The Morgan fingerprint density at radius 2 is 1.74 bits per heavy atom. The number of hydrogen-bond acceptors (Lipinski definition) is 16. The van der Waals surface area contributed by atoms with Crippen LogP contribution in [0, 0.1) is 5.92 Å². The molecule has 0 spiro atoms. The number of Topliss-reactive ketones (excluding diaryl/α,β-unsaturated/α-hetero) is 1. The Hall–Kier alpha value is -5.63. The average molecular weight is 662 g/mol. The SMILES string of the molecule is CC(C)(O/N=C(\C(=O)C[C@H]1CON(C2(C(=O)O)C[C@@H](N3C(=O)c4cc(O)c(O)cc4C3=O)C(=O)O2)C1=O)c1csc(N)n1)C(=O)O. The van der Waals surface area contributed by atoms with E-state index < -0.39 is 101 Å². The number of carboxylic acid groups (broad SMARTS) is 2. The van der Waals surface area contributed by atoms with Crippen molar-refractivity contribution < 1.29 is 68.4 Å². The third-order valence-electron chi connectivity index (χ3n) is 7.29. The van der Waals surface area contributed by atoms with Gasteiger partial charge in [0.25, 0.3) is 17.7 Å². The number of aromatic nitrogens is 1. The molecule has 1 aromatic heterocycles. The second-order valence-electron chi connectivity index (χ2n) is 10.8. The van der Waals surface area contributed by atoms with Gasteiger partial charge in [0.2, 0.25) is 5.60 Å². The third-order valence-corrected chi connectivity index (χ3v) is 7.97. The molecule has 2 saturated heterocycles. The fourth-order valence-electron chi connectivity index (χ4n) is 4.78. The molecule has 2 aromatic rings. The molecule has 19 nitrogen and oxygen atoms in total. The summed E-state index contributed by atoms with van der Waals surface area (Å²) in [5.74, 6) is -11.7. The largest absolute Gasteiger partial charge is 0.504 e. The molecule has 3 aliphatic rings. The standard InChI is InChI=1S/C26H23N5O14S/c1-25(2,22(39)40)45-29-17(12-8-46-24(27)28-12)16(34)3-9-7-43-31(18(9)35)26(23(41)42)6-13(21(38)44-26)30-19(36)10-4-14(32)15(33)5-11(10)20(30)37/h4-5,8-9,13,32-33H,3,6-7H2,1-2H3,(H2,27,28)(H,39,40)(H,41,42)/b29-17-/t9-,13+,26?/m0/s1. The highest BCUT2D eigenvalue weighted by molar-refractivity contribution is 7.13. The lowest BCUT2D eigenvalue weighted by Crippen LogP contribution is -2.56. The molecule has 4 heterocycles. The molecule has 1 unspecified atom stereocenters. The number of carbonyl (C=O) groups excluding carboxylic acids is 5. The molecule has 2 fully saturated rings. The van der Waals surface area contributed by atoms with Crippen molar-refractivity contribution in [3.8, 4) is 11.5 Å². The normalized spacial score (nSPS) is 23.1. The Balaban J connectivity index is 1.37. The van der Waals surface area contributed by atoms with E-state index >= 15 is 0 Å². The quantitative estimate of drug-likeness (QED) is 0.0702. The van der Waals surface area contributed by atoms with E-state index in [-0.39, 0.29) is 27.0 Å². The van der Waals surface area contributed by atoms with Gasteiger partial charge in [0, 0.05) is 11.8 Å². The highest BCUT2D eigenvalue weighted by Crippen LogP contribution is 2.41. The number of nitrogens with two attached hydrogens (primary N) is 1. The predicted octanol–water partition coefficient (Wildman–Crippen LogP) is -0.538. The number of hydroxylamine groups is 2. The van der Waals surface area contributed by atoms with Gasteiger partial charge < -0.3 is 35.7 Å². The van der Waals surface area contributed by atoms with Gasteiger partial charge in [0.1, 0.15) is 11.7 Å². The molecular formula is C26H23N5O14S. The van der Waals surface area contributed by atoms with Crippen LogP contribution in [0.25, 0.3) is 0 Å². The molecule has 3 amide bonds. The van der Waals surface area contributed by atoms with E-state index in [9.17, 15) is 54.0 Å². The molecule has 0 saturated carbocycles. The van der Waals surface area contributed by atoms with Crippen LogP contribution in [0.15, 0.2) is 22.7 Å². The smallest absolute Gasteiger partial charge is 0.372 e. The van der Waals surface area contributed by atoms with Crippen LogP contribution < -0.4 is 5.73 Å². The number of phenols is 2. The first-order chi connectivity index (χ1) is 21.5. The Morgan fingerprint density at radius 3 is 2.26 bits per heavy atom. The number of oxime groups is 1. The van der Waals surface area contributed by atoms with Crippen LogP contribution in [0.1, 0.15) is 53.1 Å². The Kier molecular flexibility index (Phi) is 7.65. The minimum absolute atomic E-state index is 0.0344. The maximum atomic E-state index is 13.4. The summed E-state index contributed by atoms with van der Waals surface area (Å²) in [5, 5.41) is 44.2. The molecule has 3 aliphatic heterocycles. The Labute approximate surface area is 260 Å². The number of anilines is 1. The molecule has 3 atom stereocenters. The lowest BCUT2D eigenvalue weighted by Gasteiger charge is -2.31. The van der Waals surface area contributed by atoms with Crippen LogP contribution >= 0.6 is 11.3 Å². The lowest BCUT2D eigenvalue weighted by molar-refractivity contribution is -0.256. The van der Waals surface area contributed by atoms with Gasteiger partial charge in [-0.05, 0) is 26.0 Å². The summed E-state index contributed by atoms with van der Waals surface area (Å²) >= 11 is 0.933. The zero-order valence-corrected chi connectivity index (χ0v) is 24.5. The molecular weight excluding hydrogens is 638 g/mol. The van der Waals surface area contributed by atoms with Crippen LogP contribution in [0.3, 0.4) is 0 Å². The topological polar surface area (TPSA) is 286 Å². The summed E-state index contributed by atoms with van der Waals surface area (Å²) in [5.41, 5.74) is -0.413. The molecule has 1 aromatic carbocycles. The predicted molar refractivity (Wildman–Crippen MR) is 147 cm³/mol. The van der Waals surface area contributed by atoms with Crippen molar-refractivity contribution in [1.82, 2.24) is 14.9 Å². The number of esters is 1. The fraction of sp³-hybridized carbons (Fsp3) is 0.346. The Bertz CT molecular complexity index is 1730. The van der Waals surface area contributed by atoms with E-state index in [1.165, 1.54) is 19.2 Å². The number of ketones is 1. The molecule has 20 heteroatoms. The van der Waals surface area contributed by atoms with E-state index in [0.717, 1.165) is 23.5 Å². The number of aliphatic carboxylic acids is 2. The summed E-state index contributed by atoms with van der Waals surface area (Å²) in [7, 11) is 0. The Morgan fingerprint density at radius 1 is 1.13 bits per heavy atom. The zero-order chi connectivity index (χ0) is 33.9. The van der Waals surface area contributed by atoms with Crippen LogP contribution in [0.4, 0.5) is 5.13 Å². The van der Waals surface area contributed by atoms with Crippen LogP contribution in [-0.2, 0) is 38.4 Å². The number of amides is 3. The van der Waals surface area contributed by atoms with Gasteiger partial charge in [0.15, 0.2) is 28.1 Å². The van der Waals surface area contributed by atoms with Gasteiger partial charge in [-0.3, -0.25) is 28.9 Å². The minimum Gasteiger partial charge on any atom is -0.504 e. The van der Waals surface area contributed by atoms with Crippen LogP contribution in [-0.4, -0.2) is 106 Å². The number of aromatic hydroxyl groups is 2.